The fraction of sp³-hybridized carbons (Fsp3) is 0.462. The largest absolute Gasteiger partial charge is 0.384 e. The maximum Gasteiger partial charge on any atom is 0.101 e. The van der Waals surface area contributed by atoms with Crippen LogP contribution in [0.15, 0.2) is 18.2 Å². The van der Waals surface area contributed by atoms with Crippen molar-refractivity contribution in [2.24, 2.45) is 0 Å². The van der Waals surface area contributed by atoms with Crippen LogP contribution in [0.2, 0.25) is 0 Å². The topological polar surface area (TPSA) is 35.8 Å². The zero-order valence-electron chi connectivity index (χ0n) is 9.92. The molecule has 0 aliphatic rings. The van der Waals surface area contributed by atoms with Crippen LogP contribution in [0.3, 0.4) is 0 Å². The summed E-state index contributed by atoms with van der Waals surface area (Å²) in [6.45, 7) is 2.98. The number of unbranched alkanes of at least 4 members (excludes halogenated alkanes) is 1. The second kappa shape index (κ2) is 7.19. The number of aryl methyl sites for hydroxylation is 1. The minimum absolute atomic E-state index is 0.732. The number of nitrogens with one attached hydrogen (secondary N) is 1. The Balaban J connectivity index is 2.46. The second-order valence-electron chi connectivity index (χ2n) is 3.79. The van der Waals surface area contributed by atoms with Crippen molar-refractivity contribution in [3.05, 3.63) is 29.3 Å². The van der Waals surface area contributed by atoms with Gasteiger partial charge in [-0.1, -0.05) is 6.07 Å². The van der Waals surface area contributed by atoms with Crippen molar-refractivity contribution < 1.29 is 0 Å². The van der Waals surface area contributed by atoms with Gasteiger partial charge in [-0.15, -0.1) is 0 Å². The highest BCUT2D eigenvalue weighted by molar-refractivity contribution is 7.98. The predicted octanol–water partition coefficient (Wildman–Crippen LogP) is 3.42. The Hall–Kier alpha value is -1.14. The molecule has 3 heteroatoms. The average molecular weight is 234 g/mol. The third kappa shape index (κ3) is 4.16. The molecular formula is C13H18N2S. The van der Waals surface area contributed by atoms with E-state index in [0.29, 0.717) is 0 Å². The van der Waals surface area contributed by atoms with Crippen molar-refractivity contribution in [3.8, 4) is 6.07 Å². The normalized spacial score (nSPS) is 9.81. The van der Waals surface area contributed by atoms with E-state index in [1.54, 1.807) is 0 Å². The molecule has 0 amide bonds. The van der Waals surface area contributed by atoms with Gasteiger partial charge in [0.25, 0.3) is 0 Å². The third-order valence-electron chi connectivity index (χ3n) is 2.39. The standard InChI is InChI=1S/C13H18N2S/c1-11-5-6-12(10-14)13(9-11)15-7-3-4-8-16-2/h5-6,9,15H,3-4,7-8H2,1-2H3. The summed E-state index contributed by atoms with van der Waals surface area (Å²) in [5, 5.41) is 12.3. The lowest BCUT2D eigenvalue weighted by Crippen LogP contribution is -2.03. The number of hydrogen-bond acceptors (Lipinski definition) is 3. The highest BCUT2D eigenvalue weighted by atomic mass is 32.2. The molecule has 16 heavy (non-hydrogen) atoms. The van der Waals surface area contributed by atoms with E-state index in [2.05, 4.69) is 17.6 Å². The van der Waals surface area contributed by atoms with Gasteiger partial charge in [-0.05, 0) is 49.5 Å². The van der Waals surface area contributed by atoms with Crippen LogP contribution in [0.25, 0.3) is 0 Å². The molecule has 0 atom stereocenters. The molecular weight excluding hydrogens is 216 g/mol. The van der Waals surface area contributed by atoms with Crippen molar-refractivity contribution in [2.75, 3.05) is 23.9 Å². The average Bonchev–Trinajstić information content (AvgIpc) is 2.29. The molecule has 1 aromatic rings. The molecule has 0 saturated heterocycles. The SMILES string of the molecule is CSCCCCNc1cc(C)ccc1C#N. The quantitative estimate of drug-likeness (QED) is 0.766. The van der Waals surface area contributed by atoms with Crippen molar-refractivity contribution in [3.63, 3.8) is 0 Å². The van der Waals surface area contributed by atoms with Crippen molar-refractivity contribution in [1.29, 1.82) is 5.26 Å². The van der Waals surface area contributed by atoms with E-state index >= 15 is 0 Å². The van der Waals surface area contributed by atoms with E-state index in [1.165, 1.54) is 17.7 Å². The molecule has 2 nitrogen and oxygen atoms in total. The maximum absolute atomic E-state index is 8.96. The van der Waals surface area contributed by atoms with Crippen molar-refractivity contribution in [1.82, 2.24) is 0 Å². The molecule has 86 valence electrons. The number of nitriles is 1. The Morgan fingerprint density at radius 3 is 2.88 bits per heavy atom. The second-order valence-corrected chi connectivity index (χ2v) is 4.77. The summed E-state index contributed by atoms with van der Waals surface area (Å²) in [6.07, 6.45) is 4.50. The van der Waals surface area contributed by atoms with Crippen LogP contribution < -0.4 is 5.32 Å². The molecule has 0 aliphatic heterocycles. The first-order chi connectivity index (χ1) is 7.77. The molecule has 0 aromatic heterocycles. The summed E-state index contributed by atoms with van der Waals surface area (Å²) in [5.41, 5.74) is 2.88. The lowest BCUT2D eigenvalue weighted by molar-refractivity contribution is 0.843. The van der Waals surface area contributed by atoms with Crippen LogP contribution in [0.5, 0.6) is 0 Å². The predicted molar refractivity (Wildman–Crippen MR) is 72.0 cm³/mol. The molecule has 0 saturated carbocycles. The minimum Gasteiger partial charge on any atom is -0.384 e. The van der Waals surface area contributed by atoms with Crippen LogP contribution in [0.4, 0.5) is 5.69 Å². The van der Waals surface area contributed by atoms with Crippen LogP contribution >= 0.6 is 11.8 Å². The Morgan fingerprint density at radius 2 is 2.19 bits per heavy atom. The summed E-state index contributed by atoms with van der Waals surface area (Å²) < 4.78 is 0. The fourth-order valence-corrected chi connectivity index (χ4v) is 1.99. The maximum atomic E-state index is 8.96. The summed E-state index contributed by atoms with van der Waals surface area (Å²) in [5.74, 6) is 1.21. The molecule has 1 aromatic carbocycles. The van der Waals surface area contributed by atoms with Crippen LogP contribution in [0.1, 0.15) is 24.0 Å². The number of hydrogen-bond donors (Lipinski definition) is 1. The number of rotatable bonds is 6. The first-order valence-corrected chi connectivity index (χ1v) is 6.91. The van der Waals surface area contributed by atoms with Crippen molar-refractivity contribution in [2.45, 2.75) is 19.8 Å². The number of anilines is 1. The van der Waals surface area contributed by atoms with Gasteiger partial charge in [-0.3, -0.25) is 0 Å². The minimum atomic E-state index is 0.732. The van der Waals surface area contributed by atoms with Gasteiger partial charge in [-0.2, -0.15) is 17.0 Å². The summed E-state index contributed by atoms with van der Waals surface area (Å²) in [6, 6.07) is 8.09. The summed E-state index contributed by atoms with van der Waals surface area (Å²) >= 11 is 1.88. The van der Waals surface area contributed by atoms with E-state index in [0.717, 1.165) is 24.2 Å². The van der Waals surface area contributed by atoms with Gasteiger partial charge in [-0.25, -0.2) is 0 Å². The van der Waals surface area contributed by atoms with Gasteiger partial charge >= 0.3 is 0 Å². The van der Waals surface area contributed by atoms with Crippen LogP contribution in [0, 0.1) is 18.3 Å². The summed E-state index contributed by atoms with van der Waals surface area (Å²) in [4.78, 5) is 0. The molecule has 0 spiro atoms. The first kappa shape index (κ1) is 12.9. The molecule has 0 unspecified atom stereocenters. The van der Waals surface area contributed by atoms with Gasteiger partial charge in [0.2, 0.25) is 0 Å². The van der Waals surface area contributed by atoms with Crippen molar-refractivity contribution >= 4 is 17.4 Å². The number of thioether (sulfide) groups is 1. The zero-order valence-corrected chi connectivity index (χ0v) is 10.7. The number of benzene rings is 1. The highest BCUT2D eigenvalue weighted by Crippen LogP contribution is 2.16. The molecule has 0 radical (unpaired) electrons. The Kier molecular flexibility index (Phi) is 5.81. The van der Waals surface area contributed by atoms with Crippen LogP contribution in [-0.2, 0) is 0 Å². The highest BCUT2D eigenvalue weighted by Gasteiger charge is 2.00. The third-order valence-corrected chi connectivity index (χ3v) is 3.08. The zero-order chi connectivity index (χ0) is 11.8. The lowest BCUT2D eigenvalue weighted by Gasteiger charge is -2.08. The summed E-state index contributed by atoms with van der Waals surface area (Å²) in [7, 11) is 0. The molecule has 0 aliphatic carbocycles. The Labute approximate surface area is 102 Å². The van der Waals surface area contributed by atoms with E-state index in [1.807, 2.05) is 36.9 Å². The first-order valence-electron chi connectivity index (χ1n) is 5.51. The van der Waals surface area contributed by atoms with Crippen LogP contribution in [-0.4, -0.2) is 18.6 Å². The van der Waals surface area contributed by atoms with Gasteiger partial charge in [0.05, 0.1) is 11.3 Å². The van der Waals surface area contributed by atoms with Gasteiger partial charge in [0, 0.05) is 6.54 Å². The lowest BCUT2D eigenvalue weighted by atomic mass is 10.1. The van der Waals surface area contributed by atoms with E-state index in [-0.39, 0.29) is 0 Å². The molecule has 0 heterocycles. The monoisotopic (exact) mass is 234 g/mol. The van der Waals surface area contributed by atoms with Gasteiger partial charge in [0.1, 0.15) is 6.07 Å². The van der Waals surface area contributed by atoms with E-state index < -0.39 is 0 Å². The fourth-order valence-electron chi connectivity index (χ4n) is 1.50. The van der Waals surface area contributed by atoms with Gasteiger partial charge in [0.15, 0.2) is 0 Å². The molecule has 0 bridgehead atoms. The Bertz CT molecular complexity index is 369. The van der Waals surface area contributed by atoms with Gasteiger partial charge < -0.3 is 5.32 Å². The molecule has 0 fully saturated rings. The molecule has 1 N–H and O–H groups in total. The van der Waals surface area contributed by atoms with E-state index in [9.17, 15) is 0 Å². The Morgan fingerprint density at radius 1 is 1.38 bits per heavy atom. The molecule has 1 rings (SSSR count). The smallest absolute Gasteiger partial charge is 0.101 e. The van der Waals surface area contributed by atoms with E-state index in [4.69, 9.17) is 5.26 Å². The number of nitrogens with zero attached hydrogens (tertiary/aromatic N) is 1.